The third-order valence-corrected chi connectivity index (χ3v) is 5.33. The van der Waals surface area contributed by atoms with Gasteiger partial charge in [0.05, 0.1) is 19.8 Å². The van der Waals surface area contributed by atoms with Crippen LogP contribution in [0.25, 0.3) is 22.1 Å². The fraction of sp³-hybridized carbons (Fsp3) is 0.125. The number of halogens is 1. The Morgan fingerprint density at radius 1 is 1.00 bits per heavy atom. The number of ether oxygens (including phenoxy) is 2. The van der Waals surface area contributed by atoms with Crippen molar-refractivity contribution in [3.8, 4) is 22.6 Å². The van der Waals surface area contributed by atoms with Crippen LogP contribution in [0.5, 0.6) is 11.5 Å². The lowest BCUT2D eigenvalue weighted by Crippen LogP contribution is -2.32. The number of furan rings is 1. The van der Waals surface area contributed by atoms with Crippen molar-refractivity contribution < 1.29 is 18.7 Å². The molecular formula is C24H21ClN2O4. The summed E-state index contributed by atoms with van der Waals surface area (Å²) >= 11 is 6.29. The predicted octanol–water partition coefficient (Wildman–Crippen LogP) is 6.30. The van der Waals surface area contributed by atoms with Crippen molar-refractivity contribution in [1.29, 1.82) is 0 Å². The molecule has 1 heterocycles. The van der Waals surface area contributed by atoms with Crippen molar-refractivity contribution in [1.82, 2.24) is 0 Å². The van der Waals surface area contributed by atoms with Gasteiger partial charge in [-0.2, -0.15) is 0 Å². The van der Waals surface area contributed by atoms with E-state index in [9.17, 15) is 4.79 Å². The third-order valence-electron chi connectivity index (χ3n) is 5.09. The highest BCUT2D eigenvalue weighted by Gasteiger charge is 2.31. The van der Waals surface area contributed by atoms with Crippen molar-refractivity contribution in [2.75, 3.05) is 19.1 Å². The van der Waals surface area contributed by atoms with E-state index in [4.69, 9.17) is 31.2 Å². The van der Waals surface area contributed by atoms with Gasteiger partial charge in [0, 0.05) is 10.4 Å². The molecule has 4 aromatic rings. The summed E-state index contributed by atoms with van der Waals surface area (Å²) in [4.78, 5) is 14.1. The molecule has 0 spiro atoms. The van der Waals surface area contributed by atoms with E-state index in [1.54, 1.807) is 30.3 Å². The zero-order valence-electron chi connectivity index (χ0n) is 17.3. The fourth-order valence-corrected chi connectivity index (χ4v) is 3.86. The SMILES string of the molecule is COc1cccc(OC)c1N(C(N)=O)c1oc2ccc(Cl)cc2c1-c1ccccc1C. The topological polar surface area (TPSA) is 77.9 Å². The number of aryl methyl sites for hydroxylation is 1. The molecule has 0 aliphatic rings. The van der Waals surface area contributed by atoms with Gasteiger partial charge in [-0.1, -0.05) is 41.9 Å². The minimum absolute atomic E-state index is 0.252. The Hall–Kier alpha value is -3.64. The number of rotatable bonds is 5. The molecule has 4 rings (SSSR count). The Morgan fingerprint density at radius 2 is 1.68 bits per heavy atom. The molecule has 3 aromatic carbocycles. The molecule has 0 saturated heterocycles. The van der Waals surface area contributed by atoms with Gasteiger partial charge in [-0.05, 0) is 48.4 Å². The fourth-order valence-electron chi connectivity index (χ4n) is 3.69. The number of para-hydroxylation sites is 1. The molecule has 0 fully saturated rings. The second-order valence-corrected chi connectivity index (χ2v) is 7.36. The first-order valence-corrected chi connectivity index (χ1v) is 9.92. The van der Waals surface area contributed by atoms with Gasteiger partial charge in [0.15, 0.2) is 0 Å². The highest BCUT2D eigenvalue weighted by atomic mass is 35.5. The van der Waals surface area contributed by atoms with Crippen LogP contribution < -0.4 is 20.1 Å². The normalized spacial score (nSPS) is 10.8. The maximum absolute atomic E-state index is 12.8. The monoisotopic (exact) mass is 436 g/mol. The molecule has 0 aliphatic carbocycles. The molecule has 0 saturated carbocycles. The summed E-state index contributed by atoms with van der Waals surface area (Å²) in [7, 11) is 3.02. The average molecular weight is 437 g/mol. The Labute approximate surface area is 184 Å². The van der Waals surface area contributed by atoms with Crippen LogP contribution in [0, 0.1) is 6.92 Å². The number of carbonyl (C=O) groups is 1. The van der Waals surface area contributed by atoms with Crippen molar-refractivity contribution >= 4 is 40.2 Å². The number of primary amides is 1. The maximum atomic E-state index is 12.8. The minimum Gasteiger partial charge on any atom is -0.494 e. The number of anilines is 2. The molecule has 7 heteroatoms. The van der Waals surface area contributed by atoms with E-state index in [-0.39, 0.29) is 5.88 Å². The summed E-state index contributed by atoms with van der Waals surface area (Å²) in [5, 5.41) is 1.31. The largest absolute Gasteiger partial charge is 0.494 e. The van der Waals surface area contributed by atoms with Crippen LogP contribution in [0.15, 0.2) is 65.1 Å². The summed E-state index contributed by atoms with van der Waals surface area (Å²) in [5.74, 6) is 1.07. The standard InChI is InChI=1S/C24H21ClN2O4/c1-14-7-4-5-8-16(14)21-17-13-15(25)11-12-18(17)31-23(21)27(24(26)28)22-19(29-2)9-6-10-20(22)30-3/h4-13H,1-3H3,(H2,26,28). The van der Waals surface area contributed by atoms with E-state index >= 15 is 0 Å². The molecule has 1 aromatic heterocycles. The first-order valence-electron chi connectivity index (χ1n) is 9.54. The van der Waals surface area contributed by atoms with Gasteiger partial charge < -0.3 is 19.6 Å². The number of methoxy groups -OCH3 is 2. The average Bonchev–Trinajstić information content (AvgIpc) is 3.11. The van der Waals surface area contributed by atoms with Gasteiger partial charge in [0.25, 0.3) is 0 Å². The van der Waals surface area contributed by atoms with Gasteiger partial charge in [-0.3, -0.25) is 0 Å². The van der Waals surface area contributed by atoms with E-state index in [1.807, 2.05) is 37.3 Å². The number of nitrogens with zero attached hydrogens (tertiary/aromatic N) is 1. The number of fused-ring (bicyclic) bond motifs is 1. The third kappa shape index (κ3) is 3.55. The molecule has 6 nitrogen and oxygen atoms in total. The Kier molecular flexibility index (Phi) is 5.48. The van der Waals surface area contributed by atoms with Crippen molar-refractivity contribution in [2.24, 2.45) is 5.73 Å². The summed E-state index contributed by atoms with van der Waals surface area (Å²) in [6.45, 7) is 1.99. The van der Waals surface area contributed by atoms with Crippen molar-refractivity contribution in [3.05, 3.63) is 71.2 Å². The quantitative estimate of drug-likeness (QED) is 0.398. The lowest BCUT2D eigenvalue weighted by molar-refractivity contribution is 0.255. The zero-order chi connectivity index (χ0) is 22.1. The van der Waals surface area contributed by atoms with E-state index in [0.29, 0.717) is 33.4 Å². The van der Waals surface area contributed by atoms with Gasteiger partial charge in [-0.25, -0.2) is 9.69 Å². The maximum Gasteiger partial charge on any atom is 0.326 e. The molecule has 2 amide bonds. The van der Waals surface area contributed by atoms with Gasteiger partial charge in [0.2, 0.25) is 5.88 Å². The van der Waals surface area contributed by atoms with Crippen LogP contribution in [-0.2, 0) is 0 Å². The Bertz CT molecular complexity index is 1260. The molecule has 2 N–H and O–H groups in total. The van der Waals surface area contributed by atoms with Crippen LogP contribution in [0.3, 0.4) is 0 Å². The molecule has 0 unspecified atom stereocenters. The Morgan fingerprint density at radius 3 is 2.29 bits per heavy atom. The molecule has 0 atom stereocenters. The zero-order valence-corrected chi connectivity index (χ0v) is 18.1. The highest BCUT2D eigenvalue weighted by Crippen LogP contribution is 2.48. The van der Waals surface area contributed by atoms with Gasteiger partial charge in [-0.15, -0.1) is 0 Å². The number of hydrogen-bond donors (Lipinski definition) is 1. The number of hydrogen-bond acceptors (Lipinski definition) is 4. The molecule has 0 aliphatic heterocycles. The van der Waals surface area contributed by atoms with Gasteiger partial charge >= 0.3 is 6.03 Å². The van der Waals surface area contributed by atoms with E-state index < -0.39 is 6.03 Å². The smallest absolute Gasteiger partial charge is 0.326 e. The van der Waals surface area contributed by atoms with Crippen LogP contribution in [0.4, 0.5) is 16.4 Å². The molecular weight excluding hydrogens is 416 g/mol. The second-order valence-electron chi connectivity index (χ2n) is 6.92. The molecule has 0 radical (unpaired) electrons. The Balaban J connectivity index is 2.11. The lowest BCUT2D eigenvalue weighted by Gasteiger charge is -2.24. The van der Waals surface area contributed by atoms with Crippen LogP contribution in [0.2, 0.25) is 5.02 Å². The number of benzene rings is 3. The molecule has 158 valence electrons. The lowest BCUT2D eigenvalue weighted by atomic mass is 9.98. The number of nitrogens with two attached hydrogens (primary N) is 1. The first-order chi connectivity index (χ1) is 15.0. The van der Waals surface area contributed by atoms with Crippen LogP contribution in [-0.4, -0.2) is 20.3 Å². The van der Waals surface area contributed by atoms with Crippen molar-refractivity contribution in [2.45, 2.75) is 6.92 Å². The summed E-state index contributed by atoms with van der Waals surface area (Å²) in [6, 6.07) is 17.6. The predicted molar refractivity (Wildman–Crippen MR) is 123 cm³/mol. The summed E-state index contributed by atoms with van der Waals surface area (Å²) in [6.07, 6.45) is 0. The van der Waals surface area contributed by atoms with Crippen LogP contribution >= 0.6 is 11.6 Å². The number of carbonyl (C=O) groups excluding carboxylic acids is 1. The highest BCUT2D eigenvalue weighted by molar-refractivity contribution is 6.31. The van der Waals surface area contributed by atoms with Gasteiger partial charge in [0.1, 0.15) is 22.8 Å². The van der Waals surface area contributed by atoms with E-state index in [0.717, 1.165) is 16.5 Å². The summed E-state index contributed by atoms with van der Waals surface area (Å²) in [5.41, 5.74) is 9.38. The second kappa shape index (κ2) is 8.24. The van der Waals surface area contributed by atoms with Crippen molar-refractivity contribution in [3.63, 3.8) is 0 Å². The number of amides is 2. The number of urea groups is 1. The molecule has 0 bridgehead atoms. The molecule has 31 heavy (non-hydrogen) atoms. The van der Waals surface area contributed by atoms with E-state index in [2.05, 4.69) is 0 Å². The van der Waals surface area contributed by atoms with Crippen LogP contribution in [0.1, 0.15) is 5.56 Å². The van der Waals surface area contributed by atoms with E-state index in [1.165, 1.54) is 19.1 Å². The first kappa shape index (κ1) is 20.6. The summed E-state index contributed by atoms with van der Waals surface area (Å²) < 4.78 is 17.2. The minimum atomic E-state index is -0.747.